The molecule has 0 aliphatic rings. The van der Waals surface area contributed by atoms with Gasteiger partial charge in [-0.05, 0) is 78.7 Å². The molecule has 0 aliphatic heterocycles. The Morgan fingerprint density at radius 1 is 0.824 bits per heavy atom. The third-order valence-electron chi connectivity index (χ3n) is 5.71. The van der Waals surface area contributed by atoms with E-state index in [1.54, 1.807) is 70.7 Å². The summed E-state index contributed by atoms with van der Waals surface area (Å²) in [6, 6.07) is 17.9. The van der Waals surface area contributed by atoms with Crippen LogP contribution in [0.4, 0.5) is 0 Å². The maximum atomic E-state index is 13.5. The molecule has 34 heavy (non-hydrogen) atoms. The Morgan fingerprint density at radius 3 is 2.09 bits per heavy atom. The molecule has 0 N–H and O–H groups in total. The number of hydrogen-bond acceptors (Lipinski definition) is 5. The van der Waals surface area contributed by atoms with Crippen molar-refractivity contribution in [3.63, 3.8) is 0 Å². The maximum absolute atomic E-state index is 13.5. The number of rotatable bonds is 8. The van der Waals surface area contributed by atoms with Crippen molar-refractivity contribution in [2.24, 2.45) is 0 Å². The molecule has 0 aliphatic carbocycles. The van der Waals surface area contributed by atoms with E-state index in [-0.39, 0.29) is 11.6 Å². The molecule has 0 saturated heterocycles. The second-order valence-corrected chi connectivity index (χ2v) is 7.74. The molecule has 2 aromatic heterocycles. The minimum absolute atomic E-state index is 0.169. The third-order valence-corrected chi connectivity index (χ3v) is 5.71. The first-order chi connectivity index (χ1) is 16.4. The Balaban J connectivity index is 1.74. The summed E-state index contributed by atoms with van der Waals surface area (Å²) >= 11 is 0. The van der Waals surface area contributed by atoms with Crippen LogP contribution in [-0.4, -0.2) is 37.3 Å². The smallest absolute Gasteiger partial charge is 0.210 e. The molecule has 0 saturated carbocycles. The number of methoxy groups -OCH3 is 3. The zero-order chi connectivity index (χ0) is 24.2. The number of carbonyl (C=O) groups is 2. The Bertz CT molecular complexity index is 1370. The monoisotopic (exact) mass is 455 g/mol. The van der Waals surface area contributed by atoms with Crippen LogP contribution in [0, 0.1) is 6.92 Å². The van der Waals surface area contributed by atoms with Crippen LogP contribution in [0.3, 0.4) is 0 Å². The van der Waals surface area contributed by atoms with Crippen molar-refractivity contribution >= 4 is 23.2 Å². The molecule has 4 aromatic rings. The van der Waals surface area contributed by atoms with Crippen molar-refractivity contribution in [3.05, 3.63) is 101 Å². The van der Waals surface area contributed by atoms with Gasteiger partial charge in [-0.2, -0.15) is 0 Å². The molecule has 0 amide bonds. The summed E-state index contributed by atoms with van der Waals surface area (Å²) in [7, 11) is 4.73. The normalized spacial score (nSPS) is 11.1. The molecule has 0 fully saturated rings. The predicted octanol–water partition coefficient (Wildman–Crippen LogP) is 5.40. The number of carbonyl (C=O) groups excluding carboxylic acids is 2. The van der Waals surface area contributed by atoms with E-state index in [2.05, 4.69) is 0 Å². The van der Waals surface area contributed by atoms with Crippen molar-refractivity contribution in [2.45, 2.75) is 6.92 Å². The molecular formula is C28H25NO5. The largest absolute Gasteiger partial charge is 0.497 e. The minimum atomic E-state index is -0.202. The highest BCUT2D eigenvalue weighted by Crippen LogP contribution is 2.26. The summed E-state index contributed by atoms with van der Waals surface area (Å²) in [4.78, 5) is 26.7. The molecule has 172 valence electrons. The minimum Gasteiger partial charge on any atom is -0.497 e. The fourth-order valence-electron chi connectivity index (χ4n) is 3.88. The number of pyridine rings is 1. The lowest BCUT2D eigenvalue weighted by molar-refractivity contribution is 0.103. The summed E-state index contributed by atoms with van der Waals surface area (Å²) < 4.78 is 17.6. The van der Waals surface area contributed by atoms with Gasteiger partial charge in [0, 0.05) is 28.9 Å². The molecule has 6 heteroatoms. The van der Waals surface area contributed by atoms with E-state index in [9.17, 15) is 9.59 Å². The van der Waals surface area contributed by atoms with Crippen LogP contribution < -0.4 is 14.2 Å². The van der Waals surface area contributed by atoms with Crippen molar-refractivity contribution in [3.8, 4) is 17.2 Å². The summed E-state index contributed by atoms with van der Waals surface area (Å²) in [6.45, 7) is 1.80. The predicted molar refractivity (Wildman–Crippen MR) is 131 cm³/mol. The summed E-state index contributed by atoms with van der Waals surface area (Å²) in [6.07, 6.45) is 5.03. The van der Waals surface area contributed by atoms with Crippen LogP contribution in [0.15, 0.2) is 72.9 Å². The van der Waals surface area contributed by atoms with Crippen LogP contribution in [0.1, 0.15) is 37.5 Å². The molecule has 6 nitrogen and oxygen atoms in total. The van der Waals surface area contributed by atoms with Crippen molar-refractivity contribution in [1.29, 1.82) is 0 Å². The van der Waals surface area contributed by atoms with Gasteiger partial charge in [-0.3, -0.25) is 9.59 Å². The molecule has 0 atom stereocenters. The van der Waals surface area contributed by atoms with E-state index >= 15 is 0 Å². The fraction of sp³-hybridized carbons (Fsp3) is 0.143. The van der Waals surface area contributed by atoms with Gasteiger partial charge in [0.15, 0.2) is 5.78 Å². The van der Waals surface area contributed by atoms with Gasteiger partial charge in [0.2, 0.25) is 5.78 Å². The fourth-order valence-corrected chi connectivity index (χ4v) is 3.88. The highest BCUT2D eigenvalue weighted by Gasteiger charge is 2.20. The molecule has 2 heterocycles. The van der Waals surface area contributed by atoms with Gasteiger partial charge in [0.25, 0.3) is 0 Å². The summed E-state index contributed by atoms with van der Waals surface area (Å²) in [5.74, 6) is 1.56. The number of benzene rings is 2. The van der Waals surface area contributed by atoms with Gasteiger partial charge < -0.3 is 18.6 Å². The number of fused-ring (bicyclic) bond motifs is 1. The van der Waals surface area contributed by atoms with Crippen molar-refractivity contribution < 1.29 is 23.8 Å². The van der Waals surface area contributed by atoms with E-state index in [4.69, 9.17) is 14.2 Å². The maximum Gasteiger partial charge on any atom is 0.210 e. The van der Waals surface area contributed by atoms with E-state index in [1.165, 1.54) is 6.08 Å². The Labute approximate surface area is 198 Å². The first kappa shape index (κ1) is 22.9. The first-order valence-corrected chi connectivity index (χ1v) is 10.7. The average Bonchev–Trinajstić information content (AvgIpc) is 3.34. The standard InChI is InChI=1S/C28H25NO5/c1-18-25(26(30)12-7-19-14-23(33-3)17-24(15-19)34-4)16-21-6-5-13-29(21)27(18)28(31)20-8-10-22(32-2)11-9-20/h5-17H,1-4H3/b12-7+. The molecule has 0 unspecified atom stereocenters. The molecule has 0 radical (unpaired) electrons. The number of allylic oxidation sites excluding steroid dienone is 1. The second kappa shape index (κ2) is 9.67. The van der Waals surface area contributed by atoms with E-state index in [1.807, 2.05) is 34.9 Å². The van der Waals surface area contributed by atoms with Crippen LogP contribution in [0.25, 0.3) is 11.6 Å². The van der Waals surface area contributed by atoms with E-state index in [0.717, 1.165) is 11.1 Å². The van der Waals surface area contributed by atoms with Gasteiger partial charge >= 0.3 is 0 Å². The van der Waals surface area contributed by atoms with Crippen LogP contribution in [-0.2, 0) is 0 Å². The third kappa shape index (κ3) is 4.43. The van der Waals surface area contributed by atoms with E-state index < -0.39 is 0 Å². The number of ketones is 2. The molecule has 4 rings (SSSR count). The Morgan fingerprint density at radius 2 is 1.47 bits per heavy atom. The Hall–Kier alpha value is -4.32. The van der Waals surface area contributed by atoms with Gasteiger partial charge in [-0.1, -0.05) is 6.08 Å². The van der Waals surface area contributed by atoms with Gasteiger partial charge in [-0.25, -0.2) is 0 Å². The zero-order valence-electron chi connectivity index (χ0n) is 19.5. The van der Waals surface area contributed by atoms with Gasteiger partial charge in [-0.15, -0.1) is 0 Å². The average molecular weight is 456 g/mol. The quantitative estimate of drug-likeness (QED) is 0.263. The van der Waals surface area contributed by atoms with Crippen LogP contribution >= 0.6 is 0 Å². The molecule has 0 spiro atoms. The number of hydrogen-bond donors (Lipinski definition) is 0. The van der Waals surface area contributed by atoms with Gasteiger partial charge in [0.1, 0.15) is 17.2 Å². The zero-order valence-corrected chi connectivity index (χ0v) is 19.5. The van der Waals surface area contributed by atoms with Crippen molar-refractivity contribution in [2.75, 3.05) is 21.3 Å². The highest BCUT2D eigenvalue weighted by atomic mass is 16.5. The SMILES string of the molecule is COc1ccc(C(=O)c2c(C)c(C(=O)/C=C/c3cc(OC)cc(OC)c3)cc3cccn23)cc1. The van der Waals surface area contributed by atoms with E-state index in [0.29, 0.717) is 39.6 Å². The van der Waals surface area contributed by atoms with Crippen LogP contribution in [0.2, 0.25) is 0 Å². The topological polar surface area (TPSA) is 66.2 Å². The molecule has 0 bridgehead atoms. The summed E-state index contributed by atoms with van der Waals surface area (Å²) in [5.41, 5.74) is 3.58. The number of aromatic nitrogens is 1. The van der Waals surface area contributed by atoms with Gasteiger partial charge in [0.05, 0.1) is 27.0 Å². The molecule has 2 aromatic carbocycles. The number of ether oxygens (including phenoxy) is 3. The number of nitrogens with zero attached hydrogens (tertiary/aromatic N) is 1. The summed E-state index contributed by atoms with van der Waals surface area (Å²) in [5, 5.41) is 0. The first-order valence-electron chi connectivity index (χ1n) is 10.7. The second-order valence-electron chi connectivity index (χ2n) is 7.74. The Kier molecular flexibility index (Phi) is 6.50. The van der Waals surface area contributed by atoms with Crippen LogP contribution in [0.5, 0.6) is 17.2 Å². The highest BCUT2D eigenvalue weighted by molar-refractivity contribution is 6.14. The lowest BCUT2D eigenvalue weighted by Crippen LogP contribution is -2.13. The lowest BCUT2D eigenvalue weighted by atomic mass is 9.97. The lowest BCUT2D eigenvalue weighted by Gasteiger charge is -2.13. The van der Waals surface area contributed by atoms with Crippen molar-refractivity contribution in [1.82, 2.24) is 4.40 Å². The molecular weight excluding hydrogens is 430 g/mol.